The summed E-state index contributed by atoms with van der Waals surface area (Å²) in [6, 6.07) is 26.7. The van der Waals surface area contributed by atoms with E-state index in [9.17, 15) is 13.2 Å². The summed E-state index contributed by atoms with van der Waals surface area (Å²) in [7, 11) is -3.95. The number of para-hydroxylation sites is 2. The third-order valence-electron chi connectivity index (χ3n) is 5.88. The van der Waals surface area contributed by atoms with Gasteiger partial charge in [0.1, 0.15) is 6.54 Å². The monoisotopic (exact) mass is 500 g/mol. The predicted molar refractivity (Wildman–Crippen MR) is 143 cm³/mol. The van der Waals surface area contributed by atoms with E-state index in [0.717, 1.165) is 32.5 Å². The maximum atomic E-state index is 13.3. The van der Waals surface area contributed by atoms with Gasteiger partial charge in [0.15, 0.2) is 0 Å². The number of carbonyl (C=O) groups is 1. The molecule has 7 nitrogen and oxygen atoms in total. The van der Waals surface area contributed by atoms with Crippen LogP contribution in [-0.4, -0.2) is 31.7 Å². The molecule has 0 unspecified atom stereocenters. The minimum atomic E-state index is -3.95. The molecule has 0 saturated carbocycles. The number of hydrazone groups is 1. The minimum Gasteiger partial charge on any atom is -0.318 e. The highest BCUT2D eigenvalue weighted by Crippen LogP contribution is 2.24. The molecule has 3 aromatic carbocycles. The standard InChI is InChI=1S/C28H28N4O3S/c1-21-12-10-11-17-27(21)32-22(2)18-24(23(32)3)19-29-30-28(33)20-31(25-13-6-4-7-14-25)36(34,35)26-15-8-5-9-16-26/h4-19H,20H2,1-3H3,(H,30,33)/b29-19+. The van der Waals surface area contributed by atoms with Gasteiger partial charge in [0.25, 0.3) is 15.9 Å². The van der Waals surface area contributed by atoms with Crippen LogP contribution in [0, 0.1) is 20.8 Å². The summed E-state index contributed by atoms with van der Waals surface area (Å²) in [5, 5.41) is 4.12. The van der Waals surface area contributed by atoms with E-state index in [1.807, 2.05) is 32.0 Å². The molecule has 1 N–H and O–H groups in total. The highest BCUT2D eigenvalue weighted by Gasteiger charge is 2.26. The lowest BCUT2D eigenvalue weighted by Gasteiger charge is -2.23. The first-order chi connectivity index (χ1) is 17.3. The zero-order chi connectivity index (χ0) is 25.7. The van der Waals surface area contributed by atoms with Gasteiger partial charge in [-0.1, -0.05) is 54.6 Å². The average Bonchev–Trinajstić information content (AvgIpc) is 3.16. The Labute approximate surface area is 211 Å². The van der Waals surface area contributed by atoms with Gasteiger partial charge in [0, 0.05) is 22.6 Å². The molecule has 0 aliphatic rings. The molecule has 1 amide bonds. The fourth-order valence-corrected chi connectivity index (χ4v) is 5.51. The molecule has 0 fully saturated rings. The number of carbonyl (C=O) groups excluding carboxylic acids is 1. The number of sulfonamides is 1. The van der Waals surface area contributed by atoms with Gasteiger partial charge >= 0.3 is 0 Å². The van der Waals surface area contributed by atoms with E-state index in [-0.39, 0.29) is 4.90 Å². The number of aryl methyl sites for hydroxylation is 2. The Bertz CT molecular complexity index is 1490. The Balaban J connectivity index is 1.54. The molecule has 184 valence electrons. The van der Waals surface area contributed by atoms with Crippen molar-refractivity contribution >= 4 is 27.8 Å². The van der Waals surface area contributed by atoms with Crippen molar-refractivity contribution in [3.05, 3.63) is 114 Å². The second-order valence-electron chi connectivity index (χ2n) is 8.40. The first kappa shape index (κ1) is 24.9. The van der Waals surface area contributed by atoms with Crippen molar-refractivity contribution in [2.45, 2.75) is 25.7 Å². The summed E-state index contributed by atoms with van der Waals surface area (Å²) in [6.07, 6.45) is 1.58. The summed E-state index contributed by atoms with van der Waals surface area (Å²) in [5.74, 6) is -0.553. The number of anilines is 1. The summed E-state index contributed by atoms with van der Waals surface area (Å²) in [6.45, 7) is 5.65. The number of amides is 1. The average molecular weight is 501 g/mol. The lowest BCUT2D eigenvalue weighted by Crippen LogP contribution is -2.39. The van der Waals surface area contributed by atoms with E-state index in [1.165, 1.54) is 12.1 Å². The van der Waals surface area contributed by atoms with Crippen molar-refractivity contribution in [3.63, 3.8) is 0 Å². The maximum absolute atomic E-state index is 13.3. The molecule has 0 aliphatic carbocycles. The normalized spacial score (nSPS) is 11.5. The van der Waals surface area contributed by atoms with Crippen LogP contribution in [-0.2, 0) is 14.8 Å². The van der Waals surface area contributed by atoms with Crippen LogP contribution in [0.4, 0.5) is 5.69 Å². The van der Waals surface area contributed by atoms with Gasteiger partial charge in [0.05, 0.1) is 16.8 Å². The van der Waals surface area contributed by atoms with Gasteiger partial charge in [0.2, 0.25) is 0 Å². The number of hydrogen-bond acceptors (Lipinski definition) is 4. The fraction of sp³-hybridized carbons (Fsp3) is 0.143. The third kappa shape index (κ3) is 5.23. The fourth-order valence-electron chi connectivity index (χ4n) is 4.07. The molecule has 4 aromatic rings. The molecule has 1 aromatic heterocycles. The molecular formula is C28H28N4O3S. The van der Waals surface area contributed by atoms with Gasteiger partial charge in [-0.25, -0.2) is 13.8 Å². The van der Waals surface area contributed by atoms with Crippen LogP contribution < -0.4 is 9.73 Å². The topological polar surface area (TPSA) is 83.8 Å². The van der Waals surface area contributed by atoms with Gasteiger partial charge in [-0.3, -0.25) is 9.10 Å². The van der Waals surface area contributed by atoms with E-state index in [4.69, 9.17) is 0 Å². The van der Waals surface area contributed by atoms with Crippen molar-refractivity contribution in [1.82, 2.24) is 9.99 Å². The highest BCUT2D eigenvalue weighted by molar-refractivity contribution is 7.92. The van der Waals surface area contributed by atoms with Crippen molar-refractivity contribution < 1.29 is 13.2 Å². The Kier molecular flexibility index (Phi) is 7.36. The number of nitrogens with one attached hydrogen (secondary N) is 1. The van der Waals surface area contributed by atoms with Crippen molar-refractivity contribution in [2.24, 2.45) is 5.10 Å². The Morgan fingerprint density at radius 2 is 1.53 bits per heavy atom. The molecule has 36 heavy (non-hydrogen) atoms. The summed E-state index contributed by atoms with van der Waals surface area (Å²) in [5.41, 5.74) is 7.98. The van der Waals surface area contributed by atoms with Gasteiger partial charge in [-0.15, -0.1) is 0 Å². The second-order valence-corrected chi connectivity index (χ2v) is 10.3. The number of aromatic nitrogens is 1. The molecule has 0 radical (unpaired) electrons. The molecule has 0 saturated heterocycles. The zero-order valence-corrected chi connectivity index (χ0v) is 21.2. The summed E-state index contributed by atoms with van der Waals surface area (Å²) >= 11 is 0. The lowest BCUT2D eigenvalue weighted by atomic mass is 10.2. The minimum absolute atomic E-state index is 0.105. The molecule has 1 heterocycles. The van der Waals surface area contributed by atoms with Crippen LogP contribution in [0.5, 0.6) is 0 Å². The highest BCUT2D eigenvalue weighted by atomic mass is 32.2. The van der Waals surface area contributed by atoms with Gasteiger partial charge < -0.3 is 4.57 Å². The number of rotatable bonds is 8. The van der Waals surface area contributed by atoms with E-state index < -0.39 is 22.5 Å². The quantitative estimate of drug-likeness (QED) is 0.280. The number of hydrogen-bond donors (Lipinski definition) is 1. The van der Waals surface area contributed by atoms with Crippen LogP contribution in [0.3, 0.4) is 0 Å². The van der Waals surface area contributed by atoms with Crippen molar-refractivity contribution in [3.8, 4) is 5.69 Å². The second kappa shape index (κ2) is 10.6. The van der Waals surface area contributed by atoms with Crippen molar-refractivity contribution in [2.75, 3.05) is 10.8 Å². The van der Waals surface area contributed by atoms with E-state index in [0.29, 0.717) is 5.69 Å². The Morgan fingerprint density at radius 3 is 2.19 bits per heavy atom. The first-order valence-electron chi connectivity index (χ1n) is 11.5. The van der Waals surface area contributed by atoms with E-state index >= 15 is 0 Å². The summed E-state index contributed by atoms with van der Waals surface area (Å²) < 4.78 is 29.9. The zero-order valence-electron chi connectivity index (χ0n) is 20.4. The third-order valence-corrected chi connectivity index (χ3v) is 7.67. The predicted octanol–water partition coefficient (Wildman–Crippen LogP) is 4.75. The van der Waals surface area contributed by atoms with E-state index in [2.05, 4.69) is 34.2 Å². The largest absolute Gasteiger partial charge is 0.318 e. The van der Waals surface area contributed by atoms with Gasteiger partial charge in [-0.05, 0) is 62.7 Å². The van der Waals surface area contributed by atoms with Crippen LogP contribution in [0.1, 0.15) is 22.5 Å². The summed E-state index contributed by atoms with van der Waals surface area (Å²) in [4.78, 5) is 12.9. The van der Waals surface area contributed by atoms with Crippen LogP contribution in [0.25, 0.3) is 5.69 Å². The molecule has 0 bridgehead atoms. The molecule has 0 atom stereocenters. The van der Waals surface area contributed by atoms with Crippen LogP contribution in [0.2, 0.25) is 0 Å². The van der Waals surface area contributed by atoms with Gasteiger partial charge in [-0.2, -0.15) is 5.10 Å². The molecule has 4 rings (SSSR count). The Hall–Kier alpha value is -4.17. The number of nitrogens with zero attached hydrogens (tertiary/aromatic N) is 3. The lowest BCUT2D eigenvalue weighted by molar-refractivity contribution is -0.119. The molecular weight excluding hydrogens is 472 g/mol. The SMILES string of the molecule is Cc1ccccc1-n1c(C)cc(/C=N/NC(=O)CN(c2ccccc2)S(=O)(=O)c2ccccc2)c1C. The van der Waals surface area contributed by atoms with Crippen molar-refractivity contribution in [1.29, 1.82) is 0 Å². The first-order valence-corrected chi connectivity index (χ1v) is 12.9. The molecule has 0 aliphatic heterocycles. The Morgan fingerprint density at radius 1 is 0.917 bits per heavy atom. The maximum Gasteiger partial charge on any atom is 0.264 e. The smallest absolute Gasteiger partial charge is 0.264 e. The van der Waals surface area contributed by atoms with E-state index in [1.54, 1.807) is 54.7 Å². The number of benzene rings is 3. The van der Waals surface area contributed by atoms with Crippen LogP contribution in [0.15, 0.2) is 101 Å². The van der Waals surface area contributed by atoms with Crippen LogP contribution >= 0.6 is 0 Å². The molecule has 8 heteroatoms. The molecule has 0 spiro atoms.